The number of ether oxygens (including phenoxy) is 3. The van der Waals surface area contributed by atoms with Crippen molar-refractivity contribution in [3.05, 3.63) is 53.1 Å². The van der Waals surface area contributed by atoms with Gasteiger partial charge in [0.1, 0.15) is 0 Å². The summed E-state index contributed by atoms with van der Waals surface area (Å²) in [6.45, 7) is 0. The summed E-state index contributed by atoms with van der Waals surface area (Å²) < 4.78 is 16.6. The van der Waals surface area contributed by atoms with Crippen molar-refractivity contribution in [2.45, 2.75) is 23.6 Å². The predicted octanol–water partition coefficient (Wildman–Crippen LogP) is 4.55. The molecule has 0 amide bonds. The molecule has 0 fully saturated rings. The Kier molecular flexibility index (Phi) is 4.81. The highest BCUT2D eigenvalue weighted by molar-refractivity contribution is 9.09. The summed E-state index contributed by atoms with van der Waals surface area (Å²) in [5.41, 5.74) is 3.88. The smallest absolute Gasteiger partial charge is 0.203 e. The second-order valence-electron chi connectivity index (χ2n) is 5.65. The molecule has 0 saturated heterocycles. The van der Waals surface area contributed by atoms with Crippen LogP contribution in [0.1, 0.15) is 29.0 Å². The van der Waals surface area contributed by atoms with Crippen LogP contribution in [0.5, 0.6) is 17.2 Å². The second-order valence-corrected chi connectivity index (χ2v) is 6.83. The Morgan fingerprint density at radius 1 is 0.870 bits per heavy atom. The van der Waals surface area contributed by atoms with Gasteiger partial charge in [-0.15, -0.1) is 0 Å². The number of aryl methyl sites for hydroxylation is 1. The number of alkyl halides is 1. The van der Waals surface area contributed by atoms with Crippen LogP contribution in [0.2, 0.25) is 0 Å². The van der Waals surface area contributed by atoms with Crippen molar-refractivity contribution in [3.8, 4) is 17.2 Å². The Morgan fingerprint density at radius 3 is 2.30 bits per heavy atom. The molecule has 0 spiro atoms. The topological polar surface area (TPSA) is 27.7 Å². The molecule has 4 heteroatoms. The number of hydrogen-bond donors (Lipinski definition) is 0. The lowest BCUT2D eigenvalue weighted by Gasteiger charge is -2.32. The number of methoxy groups -OCH3 is 3. The number of halogens is 1. The van der Waals surface area contributed by atoms with Crippen LogP contribution < -0.4 is 14.2 Å². The molecule has 0 heterocycles. The first-order chi connectivity index (χ1) is 11.2. The summed E-state index contributed by atoms with van der Waals surface area (Å²) in [6, 6.07) is 12.7. The summed E-state index contributed by atoms with van der Waals surface area (Å²) in [5.74, 6) is 2.31. The zero-order valence-corrected chi connectivity index (χ0v) is 15.2. The first-order valence-electron chi connectivity index (χ1n) is 7.72. The van der Waals surface area contributed by atoms with Crippen LogP contribution in [0.4, 0.5) is 0 Å². The molecule has 0 N–H and O–H groups in total. The van der Waals surface area contributed by atoms with Gasteiger partial charge in [0, 0.05) is 16.3 Å². The van der Waals surface area contributed by atoms with E-state index in [0.29, 0.717) is 16.3 Å². The molecule has 0 bridgehead atoms. The second kappa shape index (κ2) is 6.83. The maximum Gasteiger partial charge on any atom is 0.203 e. The van der Waals surface area contributed by atoms with E-state index in [-0.39, 0.29) is 5.92 Å². The highest BCUT2D eigenvalue weighted by Crippen LogP contribution is 2.48. The minimum atomic E-state index is 0.231. The van der Waals surface area contributed by atoms with E-state index in [0.717, 1.165) is 24.2 Å². The van der Waals surface area contributed by atoms with Gasteiger partial charge in [-0.05, 0) is 30.0 Å². The van der Waals surface area contributed by atoms with Crippen LogP contribution in [0.25, 0.3) is 0 Å². The summed E-state index contributed by atoms with van der Waals surface area (Å²) in [6.07, 6.45) is 2.19. The third-order valence-corrected chi connectivity index (χ3v) is 5.50. The van der Waals surface area contributed by atoms with E-state index in [1.54, 1.807) is 21.3 Å². The minimum Gasteiger partial charge on any atom is -0.493 e. The lowest BCUT2D eigenvalue weighted by molar-refractivity contribution is 0.321. The molecule has 2 aromatic carbocycles. The van der Waals surface area contributed by atoms with E-state index in [9.17, 15) is 0 Å². The maximum atomic E-state index is 5.70. The summed E-state index contributed by atoms with van der Waals surface area (Å²) in [7, 11) is 4.96. The molecule has 122 valence electrons. The molecule has 23 heavy (non-hydrogen) atoms. The highest BCUT2D eigenvalue weighted by atomic mass is 79.9. The average Bonchev–Trinajstić information content (AvgIpc) is 2.60. The molecule has 0 saturated carbocycles. The molecule has 1 aliphatic rings. The Balaban J connectivity index is 2.18. The number of rotatable bonds is 4. The van der Waals surface area contributed by atoms with Crippen molar-refractivity contribution >= 4 is 15.9 Å². The van der Waals surface area contributed by atoms with Crippen molar-refractivity contribution in [3.63, 3.8) is 0 Å². The fraction of sp³-hybridized carbons (Fsp3) is 0.368. The van der Waals surface area contributed by atoms with Gasteiger partial charge in [0.2, 0.25) is 5.75 Å². The molecule has 3 nitrogen and oxygen atoms in total. The molecule has 0 radical (unpaired) electrons. The third-order valence-electron chi connectivity index (χ3n) is 4.51. The highest BCUT2D eigenvalue weighted by Gasteiger charge is 2.32. The Bertz CT molecular complexity index is 699. The SMILES string of the molecule is COc1ccc([C@H]2c3ccccc3CC[C@@H]2Br)c(OC)c1OC. The van der Waals surface area contributed by atoms with Gasteiger partial charge >= 0.3 is 0 Å². The quantitative estimate of drug-likeness (QED) is 0.732. The van der Waals surface area contributed by atoms with E-state index in [4.69, 9.17) is 14.2 Å². The molecule has 0 aromatic heterocycles. The first kappa shape index (κ1) is 16.2. The molecular formula is C19H21BrO3. The van der Waals surface area contributed by atoms with E-state index < -0.39 is 0 Å². The fourth-order valence-electron chi connectivity index (χ4n) is 3.45. The van der Waals surface area contributed by atoms with E-state index in [2.05, 4.69) is 46.3 Å². The zero-order chi connectivity index (χ0) is 16.4. The van der Waals surface area contributed by atoms with Gasteiger partial charge in [-0.3, -0.25) is 0 Å². The third kappa shape index (κ3) is 2.80. The van der Waals surface area contributed by atoms with Crippen molar-refractivity contribution in [2.75, 3.05) is 21.3 Å². The van der Waals surface area contributed by atoms with Crippen LogP contribution in [0.15, 0.2) is 36.4 Å². The number of hydrogen-bond acceptors (Lipinski definition) is 3. The zero-order valence-electron chi connectivity index (χ0n) is 13.6. The summed E-state index contributed by atoms with van der Waals surface area (Å²) >= 11 is 3.88. The monoisotopic (exact) mass is 376 g/mol. The van der Waals surface area contributed by atoms with Gasteiger partial charge in [-0.2, -0.15) is 0 Å². The molecule has 0 aliphatic heterocycles. The standard InChI is InChI=1S/C19H21BrO3/c1-21-16-11-9-14(18(22-2)19(16)23-3)17-13-7-5-4-6-12(13)8-10-15(17)20/h4-7,9,11,15,17H,8,10H2,1-3H3/t15-,17+/m0/s1. The lowest BCUT2D eigenvalue weighted by atomic mass is 9.78. The van der Waals surface area contributed by atoms with Gasteiger partial charge in [0.15, 0.2) is 11.5 Å². The van der Waals surface area contributed by atoms with Crippen LogP contribution in [-0.4, -0.2) is 26.2 Å². The van der Waals surface area contributed by atoms with Gasteiger partial charge in [-0.1, -0.05) is 46.3 Å². The minimum absolute atomic E-state index is 0.231. The molecule has 2 atom stereocenters. The predicted molar refractivity (Wildman–Crippen MR) is 95.4 cm³/mol. The van der Waals surface area contributed by atoms with E-state index in [1.807, 2.05) is 6.07 Å². The molecular weight excluding hydrogens is 356 g/mol. The number of benzene rings is 2. The van der Waals surface area contributed by atoms with Gasteiger partial charge in [-0.25, -0.2) is 0 Å². The van der Waals surface area contributed by atoms with Crippen LogP contribution >= 0.6 is 15.9 Å². The summed E-state index contributed by atoms with van der Waals surface area (Å²) in [4.78, 5) is 0.365. The van der Waals surface area contributed by atoms with Crippen LogP contribution in [0, 0.1) is 0 Å². The average molecular weight is 377 g/mol. The van der Waals surface area contributed by atoms with Gasteiger partial charge < -0.3 is 14.2 Å². The fourth-order valence-corrected chi connectivity index (χ4v) is 4.25. The number of fused-ring (bicyclic) bond motifs is 1. The van der Waals surface area contributed by atoms with Crippen molar-refractivity contribution in [2.24, 2.45) is 0 Å². The summed E-state index contributed by atoms with van der Waals surface area (Å²) in [5, 5.41) is 0. The van der Waals surface area contributed by atoms with E-state index in [1.165, 1.54) is 11.1 Å². The van der Waals surface area contributed by atoms with Gasteiger partial charge in [0.05, 0.1) is 21.3 Å². The normalized spacial score (nSPS) is 19.8. The maximum absolute atomic E-state index is 5.70. The van der Waals surface area contributed by atoms with Crippen molar-refractivity contribution < 1.29 is 14.2 Å². The Morgan fingerprint density at radius 2 is 1.61 bits per heavy atom. The molecule has 1 aliphatic carbocycles. The van der Waals surface area contributed by atoms with Crippen molar-refractivity contribution in [1.82, 2.24) is 0 Å². The van der Waals surface area contributed by atoms with Crippen molar-refractivity contribution in [1.29, 1.82) is 0 Å². The Labute approximate surface area is 145 Å². The van der Waals surface area contributed by atoms with E-state index >= 15 is 0 Å². The van der Waals surface area contributed by atoms with Crippen LogP contribution in [-0.2, 0) is 6.42 Å². The lowest BCUT2D eigenvalue weighted by Crippen LogP contribution is -2.22. The molecule has 0 unspecified atom stereocenters. The van der Waals surface area contributed by atoms with Crippen LogP contribution in [0.3, 0.4) is 0 Å². The largest absolute Gasteiger partial charge is 0.493 e. The first-order valence-corrected chi connectivity index (χ1v) is 8.63. The Hall–Kier alpha value is -1.68. The van der Waals surface area contributed by atoms with Gasteiger partial charge in [0.25, 0.3) is 0 Å². The molecule has 3 rings (SSSR count). The molecule has 2 aromatic rings.